The normalized spacial score (nSPS) is 0. The van der Waals surface area contributed by atoms with Crippen molar-refractivity contribution in [2.24, 2.45) is 0 Å². The van der Waals surface area contributed by atoms with Gasteiger partial charge >= 0.3 is 0 Å². The van der Waals surface area contributed by atoms with E-state index in [1.807, 2.05) is 0 Å². The summed E-state index contributed by atoms with van der Waals surface area (Å²) in [6.45, 7) is 0. The molecule has 0 spiro atoms. The summed E-state index contributed by atoms with van der Waals surface area (Å²) in [6.07, 6.45) is 0. The fraction of sp³-hybridized carbons (Fsp3) is 0. The Balaban J connectivity index is 0. The zero-order chi connectivity index (χ0) is 0. The number of hydrogen-bond acceptors (Lipinski definition) is 0. The smallest absolute Gasteiger partial charge is 0.187 e. The van der Waals surface area contributed by atoms with Gasteiger partial charge in [-0.2, -0.15) is 9.90 Å². The Morgan fingerprint density at radius 3 is 1.00 bits per heavy atom. The second-order valence-corrected chi connectivity index (χ2v) is 0. The van der Waals surface area contributed by atoms with E-state index in [-0.39, 0.29) is 53.8 Å². The van der Waals surface area contributed by atoms with E-state index in [2.05, 4.69) is 0 Å². The van der Waals surface area contributed by atoms with Gasteiger partial charge in [-0.15, -0.1) is 0 Å². The predicted molar refractivity (Wildman–Crippen MR) is 24.7 cm³/mol. The summed E-state index contributed by atoms with van der Waals surface area (Å²) in [7, 11) is 0. The zero-order valence-corrected chi connectivity index (χ0v) is 5.96. The molecule has 0 heterocycles. The van der Waals surface area contributed by atoms with E-state index in [1.165, 1.54) is 0 Å². The minimum Gasteiger partial charge on any atom is -0.412 e. The third-order valence-electron chi connectivity index (χ3n) is 0. The van der Waals surface area contributed by atoms with E-state index >= 15 is 0 Å². The molecule has 0 saturated heterocycles. The van der Waals surface area contributed by atoms with Crippen molar-refractivity contribution in [1.82, 2.24) is 0 Å². The third-order valence-corrected chi connectivity index (χ3v) is 0. The second-order valence-electron chi connectivity index (χ2n) is 0. The van der Waals surface area contributed by atoms with E-state index in [4.69, 9.17) is 0 Å². The molecule has 0 aromatic heterocycles. The fourth-order valence-corrected chi connectivity index (χ4v) is 0. The molecule has 0 fully saturated rings. The first kappa shape index (κ1) is 46.0. The molecule has 2 N–H and O–H groups in total. The topological polar surface area (TPSA) is 31.5 Å². The molecular weight excluding hydrogens is 258 g/mol. The molecule has 0 saturated carbocycles. The van der Waals surface area contributed by atoms with Crippen molar-refractivity contribution >= 4 is 27.3 Å². The van der Waals surface area contributed by atoms with Crippen LogP contribution in [-0.2, 0) is 21.1 Å². The fourth-order valence-electron chi connectivity index (χ4n) is 0. The van der Waals surface area contributed by atoms with Crippen LogP contribution in [0, 0.1) is 0 Å². The first-order valence-electron chi connectivity index (χ1n) is 0. The minimum absolute atomic E-state index is 0. The monoisotopic (exact) mass is 266 g/mol. The Bertz CT molecular complexity index is 8.00. The molecule has 1 nitrogen and oxygen atoms in total. The third kappa shape index (κ3) is 9.49. The average Bonchev–Trinajstić information content (AvgIpc) is 0. The molecule has 0 aromatic carbocycles. The van der Waals surface area contributed by atoms with Crippen molar-refractivity contribution in [3.05, 3.63) is 0 Å². The first-order valence-corrected chi connectivity index (χ1v) is 0. The van der Waals surface area contributed by atoms with Gasteiger partial charge in [-0.1, -0.05) is 0 Å². The van der Waals surface area contributed by atoms with Crippen molar-refractivity contribution < 1.29 is 26.5 Å². The van der Waals surface area contributed by atoms with Crippen LogP contribution < -0.4 is 0 Å². The van der Waals surface area contributed by atoms with Crippen LogP contribution in [0.25, 0.3) is 0 Å². The molecule has 28 valence electrons. The molecule has 0 aliphatic heterocycles. The molecule has 4 heavy (non-hydrogen) atoms. The Hall–Kier alpha value is 1.61. The first-order chi connectivity index (χ1) is 0. The molecular formula is H8AlOPW. The molecule has 1 atom stereocenters. The quantitative estimate of drug-likeness (QED) is 0.360. The average molecular weight is 266 g/mol. The molecule has 0 amide bonds. The molecule has 0 bridgehead atoms. The van der Waals surface area contributed by atoms with E-state index in [1.54, 1.807) is 0 Å². The van der Waals surface area contributed by atoms with E-state index in [9.17, 15) is 0 Å². The van der Waals surface area contributed by atoms with Crippen LogP contribution in [-0.4, -0.2) is 22.8 Å². The molecule has 1 unspecified atom stereocenters. The van der Waals surface area contributed by atoms with Crippen LogP contribution in [0.5, 0.6) is 0 Å². The summed E-state index contributed by atoms with van der Waals surface area (Å²) in [5.74, 6) is 0. The number of rotatable bonds is 0. The maximum atomic E-state index is 0. The summed E-state index contributed by atoms with van der Waals surface area (Å²) < 4.78 is 0. The van der Waals surface area contributed by atoms with Gasteiger partial charge in [-0.3, -0.25) is 0 Å². The summed E-state index contributed by atoms with van der Waals surface area (Å²) in [5.41, 5.74) is 0. The molecule has 0 radical (unpaired) electrons. The maximum absolute atomic E-state index is 0. The van der Waals surface area contributed by atoms with Crippen LogP contribution in [0.3, 0.4) is 0 Å². The van der Waals surface area contributed by atoms with Gasteiger partial charge in [0, 0.05) is 21.1 Å². The molecule has 4 heteroatoms. The van der Waals surface area contributed by atoms with Crippen LogP contribution in [0.15, 0.2) is 0 Å². The Labute approximate surface area is 53.9 Å². The SMILES string of the molecule is O.P.[AlH3].[W]. The zero-order valence-electron chi connectivity index (χ0n) is 1.62. The van der Waals surface area contributed by atoms with Gasteiger partial charge in [0.1, 0.15) is 0 Å². The number of hydrogen-bond donors (Lipinski definition) is 0. The van der Waals surface area contributed by atoms with Gasteiger partial charge in [0.15, 0.2) is 17.4 Å². The van der Waals surface area contributed by atoms with Crippen LogP contribution in [0.2, 0.25) is 0 Å². The Morgan fingerprint density at radius 1 is 1.00 bits per heavy atom. The Morgan fingerprint density at radius 2 is 1.00 bits per heavy atom. The minimum atomic E-state index is 0. The summed E-state index contributed by atoms with van der Waals surface area (Å²) in [6, 6.07) is 0. The van der Waals surface area contributed by atoms with Gasteiger partial charge in [0.25, 0.3) is 0 Å². The van der Waals surface area contributed by atoms with E-state index in [0.717, 1.165) is 0 Å². The predicted octanol–water partition coefficient (Wildman–Crippen LogP) is -1.95. The largest absolute Gasteiger partial charge is 0.412 e. The molecule has 0 rings (SSSR count). The van der Waals surface area contributed by atoms with Crippen molar-refractivity contribution in [2.75, 3.05) is 0 Å². The van der Waals surface area contributed by atoms with Gasteiger partial charge in [-0.25, -0.2) is 0 Å². The second kappa shape index (κ2) is 23.2. The van der Waals surface area contributed by atoms with Gasteiger partial charge in [-0.05, 0) is 0 Å². The van der Waals surface area contributed by atoms with Crippen LogP contribution >= 0.6 is 9.90 Å². The van der Waals surface area contributed by atoms with E-state index in [0.29, 0.717) is 0 Å². The van der Waals surface area contributed by atoms with Crippen molar-refractivity contribution in [2.45, 2.75) is 0 Å². The standard InChI is InChI=1S/Al.H2O.H3P.W.3H/h;1H2;1H3;;;;. The summed E-state index contributed by atoms with van der Waals surface area (Å²) >= 11 is 0. The maximum Gasteiger partial charge on any atom is 0.187 e. The van der Waals surface area contributed by atoms with Crippen LogP contribution in [0.1, 0.15) is 0 Å². The van der Waals surface area contributed by atoms with Crippen molar-refractivity contribution in [3.8, 4) is 0 Å². The molecule has 0 aliphatic carbocycles. The van der Waals surface area contributed by atoms with Gasteiger partial charge < -0.3 is 5.48 Å². The van der Waals surface area contributed by atoms with Crippen LogP contribution in [0.4, 0.5) is 0 Å². The van der Waals surface area contributed by atoms with Gasteiger partial charge in [0.2, 0.25) is 0 Å². The summed E-state index contributed by atoms with van der Waals surface area (Å²) in [5, 5.41) is 0. The Kier molecular flexibility index (Phi) is 266. The van der Waals surface area contributed by atoms with Crippen molar-refractivity contribution in [3.63, 3.8) is 0 Å². The van der Waals surface area contributed by atoms with Gasteiger partial charge in [0.05, 0.1) is 0 Å². The molecule has 0 aliphatic rings. The van der Waals surface area contributed by atoms with E-state index < -0.39 is 0 Å². The van der Waals surface area contributed by atoms with Crippen molar-refractivity contribution in [1.29, 1.82) is 0 Å². The summed E-state index contributed by atoms with van der Waals surface area (Å²) in [4.78, 5) is 0. The molecule has 0 aromatic rings.